The van der Waals surface area contributed by atoms with Crippen molar-refractivity contribution in [3.8, 4) is 0 Å². The third-order valence-electron chi connectivity index (χ3n) is 1.41. The summed E-state index contributed by atoms with van der Waals surface area (Å²) in [4.78, 5) is 21.4. The number of hydrogen-bond donors (Lipinski definition) is 3. The first-order valence-corrected chi connectivity index (χ1v) is 5.52. The van der Waals surface area contributed by atoms with E-state index in [-0.39, 0.29) is 23.0 Å². The monoisotopic (exact) mass is 235 g/mol. The van der Waals surface area contributed by atoms with Crippen LogP contribution in [0.2, 0.25) is 0 Å². The largest absolute Gasteiger partial charge is 0.479 e. The molecule has 0 aliphatic rings. The molecule has 0 radical (unpaired) electrons. The first-order chi connectivity index (χ1) is 6.72. The minimum absolute atomic E-state index is 0.0112. The van der Waals surface area contributed by atoms with Crippen molar-refractivity contribution >= 4 is 23.6 Å². The quantitative estimate of drug-likeness (QED) is 0.628. The van der Waals surface area contributed by atoms with Crippen LogP contribution < -0.4 is 5.32 Å². The standard InChI is InChI=1S/C9H17NO4S/c1-9(2,3)15-5-7(12)10-4-6(11)8(13)14/h6,11H,4-5H2,1-3H3,(H,10,12)(H,13,14)/t6-/m0/s1. The van der Waals surface area contributed by atoms with Crippen LogP contribution in [0.1, 0.15) is 20.8 Å². The van der Waals surface area contributed by atoms with E-state index < -0.39 is 12.1 Å². The number of thioether (sulfide) groups is 1. The first-order valence-electron chi connectivity index (χ1n) is 4.54. The lowest BCUT2D eigenvalue weighted by Gasteiger charge is -2.17. The minimum Gasteiger partial charge on any atom is -0.479 e. The van der Waals surface area contributed by atoms with Crippen LogP contribution in [0.4, 0.5) is 0 Å². The SMILES string of the molecule is CC(C)(C)SCC(=O)NC[C@H](O)C(=O)O. The second-order valence-electron chi connectivity index (χ2n) is 4.06. The summed E-state index contributed by atoms with van der Waals surface area (Å²) >= 11 is 1.46. The fourth-order valence-electron chi connectivity index (χ4n) is 0.631. The van der Waals surface area contributed by atoms with Crippen molar-refractivity contribution in [2.45, 2.75) is 31.6 Å². The molecule has 0 bridgehead atoms. The van der Waals surface area contributed by atoms with Crippen LogP contribution in [0.3, 0.4) is 0 Å². The Kier molecular flexibility index (Phi) is 5.67. The van der Waals surface area contributed by atoms with Crippen molar-refractivity contribution in [1.82, 2.24) is 5.32 Å². The summed E-state index contributed by atoms with van der Waals surface area (Å²) in [6.45, 7) is 5.70. The lowest BCUT2D eigenvalue weighted by molar-refractivity contribution is -0.146. The number of rotatable bonds is 5. The van der Waals surface area contributed by atoms with Gasteiger partial charge in [-0.15, -0.1) is 11.8 Å². The predicted octanol–water partition coefficient (Wildman–Crippen LogP) is 0.0798. The van der Waals surface area contributed by atoms with Gasteiger partial charge in [-0.2, -0.15) is 0 Å². The topological polar surface area (TPSA) is 86.6 Å². The number of aliphatic carboxylic acids is 1. The number of hydrogen-bond acceptors (Lipinski definition) is 4. The smallest absolute Gasteiger partial charge is 0.334 e. The highest BCUT2D eigenvalue weighted by atomic mass is 32.2. The van der Waals surface area contributed by atoms with Gasteiger partial charge in [0.15, 0.2) is 6.10 Å². The van der Waals surface area contributed by atoms with E-state index in [0.717, 1.165) is 0 Å². The molecule has 5 nitrogen and oxygen atoms in total. The molecule has 0 spiro atoms. The molecule has 0 fully saturated rings. The lowest BCUT2D eigenvalue weighted by Crippen LogP contribution is -2.37. The molecular formula is C9H17NO4S. The summed E-state index contributed by atoms with van der Waals surface area (Å²) in [5, 5.41) is 19.6. The van der Waals surface area contributed by atoms with Gasteiger partial charge in [-0.3, -0.25) is 4.79 Å². The lowest BCUT2D eigenvalue weighted by atomic mass is 10.3. The van der Waals surface area contributed by atoms with Crippen molar-refractivity contribution in [1.29, 1.82) is 0 Å². The summed E-state index contributed by atoms with van der Waals surface area (Å²) in [6.07, 6.45) is -1.53. The molecule has 0 heterocycles. The third-order valence-corrected chi connectivity index (χ3v) is 2.69. The zero-order valence-corrected chi connectivity index (χ0v) is 9.93. The average molecular weight is 235 g/mol. The summed E-state index contributed by atoms with van der Waals surface area (Å²) in [6, 6.07) is 0. The Morgan fingerprint density at radius 1 is 1.40 bits per heavy atom. The van der Waals surface area contributed by atoms with Crippen molar-refractivity contribution in [3.63, 3.8) is 0 Å². The van der Waals surface area contributed by atoms with Gasteiger partial charge >= 0.3 is 5.97 Å². The molecule has 88 valence electrons. The number of aliphatic hydroxyl groups excluding tert-OH is 1. The van der Waals surface area contributed by atoms with Crippen molar-refractivity contribution in [2.24, 2.45) is 0 Å². The molecule has 0 aliphatic heterocycles. The van der Waals surface area contributed by atoms with Crippen LogP contribution in [-0.2, 0) is 9.59 Å². The van der Waals surface area contributed by atoms with Gasteiger partial charge in [-0.05, 0) is 0 Å². The molecule has 0 rings (SSSR count). The normalized spacial score (nSPS) is 13.3. The third kappa shape index (κ3) is 8.26. The molecule has 0 aromatic heterocycles. The molecule has 0 aliphatic carbocycles. The molecule has 6 heteroatoms. The maximum atomic E-state index is 11.2. The first kappa shape index (κ1) is 14.2. The average Bonchev–Trinajstić information content (AvgIpc) is 2.09. The fraction of sp³-hybridized carbons (Fsp3) is 0.778. The number of carboxylic acid groups (broad SMARTS) is 1. The van der Waals surface area contributed by atoms with Crippen LogP contribution in [0, 0.1) is 0 Å². The van der Waals surface area contributed by atoms with Crippen molar-refractivity contribution in [3.05, 3.63) is 0 Å². The van der Waals surface area contributed by atoms with Gasteiger partial charge in [0.05, 0.1) is 12.3 Å². The second kappa shape index (κ2) is 5.97. The number of carbonyl (C=O) groups is 2. The van der Waals surface area contributed by atoms with Gasteiger partial charge in [0.25, 0.3) is 0 Å². The highest BCUT2D eigenvalue weighted by Crippen LogP contribution is 2.22. The predicted molar refractivity (Wildman–Crippen MR) is 58.9 cm³/mol. The molecular weight excluding hydrogens is 218 g/mol. The zero-order chi connectivity index (χ0) is 12.1. The van der Waals surface area contributed by atoms with Gasteiger partial charge in [0.1, 0.15) is 0 Å². The van der Waals surface area contributed by atoms with E-state index in [0.29, 0.717) is 0 Å². The van der Waals surface area contributed by atoms with E-state index in [2.05, 4.69) is 5.32 Å². The van der Waals surface area contributed by atoms with E-state index in [1.165, 1.54) is 11.8 Å². The van der Waals surface area contributed by atoms with Gasteiger partial charge in [0.2, 0.25) is 5.91 Å². The maximum absolute atomic E-state index is 11.2. The van der Waals surface area contributed by atoms with Crippen LogP contribution in [-0.4, -0.2) is 45.2 Å². The molecule has 3 N–H and O–H groups in total. The Morgan fingerprint density at radius 3 is 2.33 bits per heavy atom. The summed E-state index contributed by atoms with van der Waals surface area (Å²) in [7, 11) is 0. The fourth-order valence-corrected chi connectivity index (χ4v) is 1.30. The molecule has 0 unspecified atom stereocenters. The van der Waals surface area contributed by atoms with E-state index in [4.69, 9.17) is 10.2 Å². The Morgan fingerprint density at radius 2 is 1.93 bits per heavy atom. The second-order valence-corrected chi connectivity index (χ2v) is 5.86. The van der Waals surface area contributed by atoms with Crippen molar-refractivity contribution < 1.29 is 19.8 Å². The number of nitrogens with one attached hydrogen (secondary N) is 1. The Labute approximate surface area is 93.2 Å². The minimum atomic E-state index is -1.53. The van der Waals surface area contributed by atoms with Gasteiger partial charge < -0.3 is 15.5 Å². The Balaban J connectivity index is 3.72. The van der Waals surface area contributed by atoms with Crippen LogP contribution >= 0.6 is 11.8 Å². The molecule has 0 aromatic carbocycles. The van der Waals surface area contributed by atoms with E-state index >= 15 is 0 Å². The molecule has 0 aromatic rings. The molecule has 15 heavy (non-hydrogen) atoms. The van der Waals surface area contributed by atoms with Crippen LogP contribution in [0.15, 0.2) is 0 Å². The number of carbonyl (C=O) groups excluding carboxylic acids is 1. The van der Waals surface area contributed by atoms with Crippen LogP contribution in [0.5, 0.6) is 0 Å². The molecule has 1 amide bonds. The van der Waals surface area contributed by atoms with Crippen LogP contribution in [0.25, 0.3) is 0 Å². The number of carboxylic acids is 1. The van der Waals surface area contributed by atoms with Gasteiger partial charge in [-0.1, -0.05) is 20.8 Å². The van der Waals surface area contributed by atoms with Gasteiger partial charge in [-0.25, -0.2) is 4.79 Å². The maximum Gasteiger partial charge on any atom is 0.334 e. The van der Waals surface area contributed by atoms with E-state index in [1.807, 2.05) is 20.8 Å². The van der Waals surface area contributed by atoms with Crippen molar-refractivity contribution in [2.75, 3.05) is 12.3 Å². The van der Waals surface area contributed by atoms with E-state index in [9.17, 15) is 9.59 Å². The number of aliphatic hydroxyl groups is 1. The summed E-state index contributed by atoms with van der Waals surface area (Å²) in [5.74, 6) is -1.34. The summed E-state index contributed by atoms with van der Waals surface area (Å²) in [5.41, 5.74) is 0. The number of amides is 1. The Bertz CT molecular complexity index is 237. The molecule has 1 atom stereocenters. The molecule has 0 saturated heterocycles. The zero-order valence-electron chi connectivity index (χ0n) is 9.11. The van der Waals surface area contributed by atoms with Gasteiger partial charge in [0, 0.05) is 4.75 Å². The molecule has 0 saturated carbocycles. The highest BCUT2D eigenvalue weighted by Gasteiger charge is 2.16. The highest BCUT2D eigenvalue weighted by molar-refractivity contribution is 8.01. The summed E-state index contributed by atoms with van der Waals surface area (Å²) < 4.78 is -0.0112. The Hall–Kier alpha value is -0.750. The van der Waals surface area contributed by atoms with E-state index in [1.54, 1.807) is 0 Å².